The molecule has 0 amide bonds. The molecule has 1 N–H and O–H groups in total. The zero-order chi connectivity index (χ0) is 36.2. The van der Waals surface area contributed by atoms with Crippen LogP contribution in [0.25, 0.3) is 0 Å². The molecule has 2 nitrogen and oxygen atoms in total. The van der Waals surface area contributed by atoms with Crippen molar-refractivity contribution < 1.29 is 0 Å². The molecule has 264 valence electrons. The van der Waals surface area contributed by atoms with Crippen molar-refractivity contribution >= 4 is 5.71 Å². The fraction of sp³-hybridized carbons (Fsp3) is 0.690. The summed E-state index contributed by atoms with van der Waals surface area (Å²) >= 11 is 0. The first kappa shape index (κ1) is 57.7. The maximum atomic E-state index is 4.42. The second kappa shape index (κ2) is 56.8. The smallest absolute Gasteiger partial charge is 0.0457 e. The molecular formula is C42H86N2. The number of allylic oxidation sites excluding steroid dienone is 8. The lowest BCUT2D eigenvalue weighted by Gasteiger charge is -2.21. The summed E-state index contributed by atoms with van der Waals surface area (Å²) in [6.45, 7) is 44.6. The molecule has 0 radical (unpaired) electrons. The summed E-state index contributed by atoms with van der Waals surface area (Å²) in [6, 6.07) is 0. The minimum atomic E-state index is 0.502. The summed E-state index contributed by atoms with van der Waals surface area (Å²) in [5, 5.41) is 3.07. The van der Waals surface area contributed by atoms with Crippen molar-refractivity contribution in [3.8, 4) is 0 Å². The Hall–Kier alpha value is -1.93. The van der Waals surface area contributed by atoms with Crippen molar-refractivity contribution in [2.45, 2.75) is 168 Å². The number of nitrogens with zero attached hydrogens (tertiary/aromatic N) is 1. The molecule has 0 saturated carbocycles. The highest BCUT2D eigenvalue weighted by atomic mass is 14.8. The van der Waals surface area contributed by atoms with E-state index in [0.29, 0.717) is 5.92 Å². The van der Waals surface area contributed by atoms with Gasteiger partial charge in [0, 0.05) is 19.2 Å². The summed E-state index contributed by atoms with van der Waals surface area (Å²) in [6.07, 6.45) is 22.3. The van der Waals surface area contributed by atoms with Crippen LogP contribution in [0.15, 0.2) is 77.9 Å². The van der Waals surface area contributed by atoms with Gasteiger partial charge in [-0.1, -0.05) is 196 Å². The van der Waals surface area contributed by atoms with E-state index in [0.717, 1.165) is 31.5 Å². The fourth-order valence-electron chi connectivity index (χ4n) is 3.37. The molecule has 0 aromatic rings. The average molecular weight is 619 g/mol. The van der Waals surface area contributed by atoms with Crippen LogP contribution in [0.3, 0.4) is 0 Å². The van der Waals surface area contributed by atoms with Gasteiger partial charge in [-0.2, -0.15) is 0 Å². The molecule has 0 bridgehead atoms. The third kappa shape index (κ3) is 44.5. The van der Waals surface area contributed by atoms with Gasteiger partial charge >= 0.3 is 0 Å². The Morgan fingerprint density at radius 3 is 1.57 bits per heavy atom. The lowest BCUT2D eigenvalue weighted by molar-refractivity contribution is 0.656. The largest absolute Gasteiger partial charge is 0.320 e. The number of hydrogen-bond acceptors (Lipinski definition) is 2. The SMILES string of the molecule is C=C.C=CC1=C(CC)C/C(=C/C=C\C(=C)C(C)C)CC1=NC.CC.CC.CC.CCC.CCCCCCC.CCCCNC. The molecule has 0 spiro atoms. The summed E-state index contributed by atoms with van der Waals surface area (Å²) in [5.74, 6) is 0.502. The van der Waals surface area contributed by atoms with Gasteiger partial charge in [0.1, 0.15) is 0 Å². The standard InChI is InChI=1S/C19H27N.C7H16.C5H13N.C3H8.3C2H6.C2H4/c1-7-17-12-16(11-9-10-15(5)14(3)4)13-19(20-6)18(17)8-2;1-3-5-7-6-4-2;1-3-4-5-6-2;1-3-2;4*1-2/h8-11,14H,2,5,7,12-13H2,1,3-4,6H3;3-7H2,1-2H3;6H,3-5H2,1-2H3;3H2,1-2H3;3*1-2H3;1-2H2/b10-9-,16-11-,20-19?;;;;;;;. The quantitative estimate of drug-likeness (QED) is 0.131. The summed E-state index contributed by atoms with van der Waals surface area (Å²) in [5.41, 5.74) is 6.43. The molecule has 0 fully saturated rings. The number of aliphatic imine (C=N–C) groups is 1. The van der Waals surface area contributed by atoms with Crippen LogP contribution in [-0.2, 0) is 0 Å². The monoisotopic (exact) mass is 619 g/mol. The van der Waals surface area contributed by atoms with Crippen LogP contribution in [0.1, 0.15) is 168 Å². The lowest BCUT2D eigenvalue weighted by atomic mass is 9.85. The van der Waals surface area contributed by atoms with E-state index in [2.05, 4.69) is 110 Å². The predicted octanol–water partition coefficient (Wildman–Crippen LogP) is 14.7. The number of hydrogen-bond donors (Lipinski definition) is 1. The van der Waals surface area contributed by atoms with E-state index < -0.39 is 0 Å². The van der Waals surface area contributed by atoms with Gasteiger partial charge in [-0.05, 0) is 44.3 Å². The lowest BCUT2D eigenvalue weighted by Crippen LogP contribution is -2.12. The Kier molecular flexibility index (Phi) is 74.5. The second-order valence-electron chi connectivity index (χ2n) is 9.74. The van der Waals surface area contributed by atoms with Crippen molar-refractivity contribution in [2.75, 3.05) is 20.6 Å². The van der Waals surface area contributed by atoms with Gasteiger partial charge in [0.15, 0.2) is 0 Å². The molecule has 44 heavy (non-hydrogen) atoms. The Labute approximate surface area is 282 Å². The summed E-state index contributed by atoms with van der Waals surface area (Å²) in [7, 11) is 3.85. The van der Waals surface area contributed by atoms with Crippen molar-refractivity contribution in [3.05, 3.63) is 72.9 Å². The van der Waals surface area contributed by atoms with Gasteiger partial charge in [-0.15, -0.1) is 13.2 Å². The third-order valence-corrected chi connectivity index (χ3v) is 5.80. The van der Waals surface area contributed by atoms with E-state index in [1.807, 2.05) is 61.7 Å². The third-order valence-electron chi connectivity index (χ3n) is 5.80. The molecule has 0 unspecified atom stereocenters. The van der Waals surface area contributed by atoms with Gasteiger partial charge in [0.05, 0.1) is 0 Å². The highest BCUT2D eigenvalue weighted by molar-refractivity contribution is 6.05. The molecule has 1 rings (SSSR count). The summed E-state index contributed by atoms with van der Waals surface area (Å²) < 4.78 is 0. The zero-order valence-corrected chi connectivity index (χ0v) is 33.6. The van der Waals surface area contributed by atoms with Crippen LogP contribution in [-0.4, -0.2) is 26.4 Å². The van der Waals surface area contributed by atoms with Crippen LogP contribution in [0.5, 0.6) is 0 Å². The molecule has 0 aromatic heterocycles. The molecule has 0 aromatic carbocycles. The van der Waals surface area contributed by atoms with Crippen LogP contribution >= 0.6 is 0 Å². The van der Waals surface area contributed by atoms with Crippen LogP contribution in [0, 0.1) is 5.92 Å². The number of nitrogens with one attached hydrogen (secondary N) is 1. The van der Waals surface area contributed by atoms with E-state index >= 15 is 0 Å². The number of rotatable bonds is 12. The van der Waals surface area contributed by atoms with E-state index in [4.69, 9.17) is 0 Å². The highest BCUT2D eigenvalue weighted by Crippen LogP contribution is 2.30. The average Bonchev–Trinajstić information content (AvgIpc) is 3.08. The Morgan fingerprint density at radius 2 is 1.27 bits per heavy atom. The first-order valence-electron chi connectivity index (χ1n) is 18.3. The fourth-order valence-corrected chi connectivity index (χ4v) is 3.37. The Morgan fingerprint density at radius 1 is 0.818 bits per heavy atom. The normalized spacial score (nSPS) is 12.9. The van der Waals surface area contributed by atoms with Crippen molar-refractivity contribution in [1.29, 1.82) is 0 Å². The highest BCUT2D eigenvalue weighted by Gasteiger charge is 2.17. The van der Waals surface area contributed by atoms with Gasteiger partial charge in [0.25, 0.3) is 0 Å². The molecule has 0 aliphatic heterocycles. The van der Waals surface area contributed by atoms with Crippen molar-refractivity contribution in [3.63, 3.8) is 0 Å². The van der Waals surface area contributed by atoms with Gasteiger partial charge in [0.2, 0.25) is 0 Å². The van der Waals surface area contributed by atoms with Gasteiger partial charge in [-0.3, -0.25) is 4.99 Å². The zero-order valence-electron chi connectivity index (χ0n) is 33.6. The summed E-state index contributed by atoms with van der Waals surface area (Å²) in [4.78, 5) is 4.42. The Balaban J connectivity index is -0.0000000941. The van der Waals surface area contributed by atoms with Crippen molar-refractivity contribution in [2.24, 2.45) is 10.9 Å². The van der Waals surface area contributed by atoms with Gasteiger partial charge in [-0.25, -0.2) is 0 Å². The van der Waals surface area contributed by atoms with E-state index in [1.165, 1.54) is 73.7 Å². The molecule has 1 aliphatic rings. The molecule has 0 saturated heterocycles. The predicted molar refractivity (Wildman–Crippen MR) is 216 cm³/mol. The first-order chi connectivity index (χ1) is 21.3. The van der Waals surface area contributed by atoms with E-state index in [9.17, 15) is 0 Å². The van der Waals surface area contributed by atoms with Gasteiger partial charge < -0.3 is 5.32 Å². The molecule has 1 aliphatic carbocycles. The minimum Gasteiger partial charge on any atom is -0.320 e. The van der Waals surface area contributed by atoms with Crippen LogP contribution in [0.2, 0.25) is 0 Å². The first-order valence-corrected chi connectivity index (χ1v) is 18.3. The molecule has 0 heterocycles. The topological polar surface area (TPSA) is 24.4 Å². The second-order valence-corrected chi connectivity index (χ2v) is 9.74. The molecule has 2 heteroatoms. The maximum absolute atomic E-state index is 4.42. The number of unbranched alkanes of at least 4 members (excludes halogenated alkanes) is 5. The van der Waals surface area contributed by atoms with E-state index in [-0.39, 0.29) is 0 Å². The van der Waals surface area contributed by atoms with Crippen LogP contribution < -0.4 is 5.32 Å². The minimum absolute atomic E-state index is 0.502. The Bertz CT molecular complexity index is 651. The van der Waals surface area contributed by atoms with E-state index in [1.54, 1.807) is 0 Å². The van der Waals surface area contributed by atoms with Crippen LogP contribution in [0.4, 0.5) is 0 Å². The molecular weight excluding hydrogens is 532 g/mol. The maximum Gasteiger partial charge on any atom is 0.0457 e. The van der Waals surface area contributed by atoms with Crippen molar-refractivity contribution in [1.82, 2.24) is 5.32 Å². The molecule has 0 atom stereocenters.